The molecule has 2 aliphatic carbocycles. The van der Waals surface area contributed by atoms with Crippen molar-refractivity contribution in [2.75, 3.05) is 0 Å². The summed E-state index contributed by atoms with van der Waals surface area (Å²) < 4.78 is 4.58. The maximum absolute atomic E-state index is 11.4. The van der Waals surface area contributed by atoms with Crippen molar-refractivity contribution in [1.29, 1.82) is 0 Å². The van der Waals surface area contributed by atoms with Crippen LogP contribution < -0.4 is 10.4 Å². The van der Waals surface area contributed by atoms with Gasteiger partial charge in [-0.1, -0.05) is 12.2 Å². The number of benzene rings is 1. The lowest BCUT2D eigenvalue weighted by Gasteiger charge is -1.96. The first-order valence-corrected chi connectivity index (χ1v) is 5.09. The summed E-state index contributed by atoms with van der Waals surface area (Å²) in [7, 11) is 0. The maximum Gasteiger partial charge on any atom is 0.346 e. The van der Waals surface area contributed by atoms with Crippen LogP contribution in [0.3, 0.4) is 0 Å². The van der Waals surface area contributed by atoms with Gasteiger partial charge in [0.15, 0.2) is 0 Å². The summed E-state index contributed by atoms with van der Waals surface area (Å²) in [4.78, 5) is 22.8. The standard InChI is InChI=1S/C13H6O3/c14-12-10-4-8-6-1-2-7(3-6)9(8)5-11(10)13(15)16-12/h1-2,4-5H,3H2. The number of ether oxygens (including phenoxy) is 1. The van der Waals surface area contributed by atoms with Crippen LogP contribution in [0.1, 0.15) is 27.1 Å². The Bertz CT molecular complexity index is 674. The number of allylic oxidation sites excluding steroid dienone is 2. The SMILES string of the molecule is O=C1OC(=O)c2cc3c(cc21)=C1C=CC=3C1. The van der Waals surface area contributed by atoms with Gasteiger partial charge >= 0.3 is 11.9 Å². The fourth-order valence-electron chi connectivity index (χ4n) is 2.56. The number of carbonyl (C=O) groups is 2. The maximum atomic E-state index is 11.4. The van der Waals surface area contributed by atoms with E-state index in [0.717, 1.165) is 16.9 Å². The van der Waals surface area contributed by atoms with Crippen LogP contribution in [-0.2, 0) is 4.74 Å². The fraction of sp³-hybridized carbons (Fsp3) is 0.0769. The molecule has 1 heterocycles. The van der Waals surface area contributed by atoms with Gasteiger partial charge in [-0.15, -0.1) is 0 Å². The lowest BCUT2D eigenvalue weighted by molar-refractivity contribution is 0.0444. The van der Waals surface area contributed by atoms with E-state index in [0.29, 0.717) is 11.1 Å². The topological polar surface area (TPSA) is 43.4 Å². The van der Waals surface area contributed by atoms with Crippen molar-refractivity contribution in [3.8, 4) is 0 Å². The molecular formula is C13H6O3. The van der Waals surface area contributed by atoms with E-state index in [1.54, 1.807) is 12.1 Å². The van der Waals surface area contributed by atoms with E-state index < -0.39 is 11.9 Å². The Labute approximate surface area is 90.3 Å². The molecule has 0 unspecified atom stereocenters. The molecule has 0 radical (unpaired) electrons. The molecule has 1 aromatic carbocycles. The molecule has 0 amide bonds. The summed E-state index contributed by atoms with van der Waals surface area (Å²) in [6.07, 6.45) is 5.04. The smallest absolute Gasteiger partial charge is 0.346 e. The van der Waals surface area contributed by atoms with Gasteiger partial charge in [0, 0.05) is 0 Å². The third-order valence-corrected chi connectivity index (χ3v) is 3.34. The minimum atomic E-state index is -0.528. The first kappa shape index (κ1) is 8.05. The lowest BCUT2D eigenvalue weighted by atomic mass is 10.0. The van der Waals surface area contributed by atoms with Gasteiger partial charge in [-0.25, -0.2) is 9.59 Å². The number of fused-ring (bicyclic) bond motifs is 4. The van der Waals surface area contributed by atoms with Crippen LogP contribution in [0.25, 0.3) is 11.1 Å². The molecule has 3 aliphatic rings. The van der Waals surface area contributed by atoms with Gasteiger partial charge in [-0.3, -0.25) is 0 Å². The predicted octanol–water partition coefficient (Wildman–Crippen LogP) is 0.272. The Kier molecular flexibility index (Phi) is 1.17. The van der Waals surface area contributed by atoms with Gasteiger partial charge in [0.25, 0.3) is 0 Å². The highest BCUT2D eigenvalue weighted by molar-refractivity contribution is 6.15. The molecule has 0 N–H and O–H groups in total. The van der Waals surface area contributed by atoms with E-state index in [4.69, 9.17) is 0 Å². The van der Waals surface area contributed by atoms with E-state index in [1.807, 2.05) is 0 Å². The van der Waals surface area contributed by atoms with E-state index in [1.165, 1.54) is 11.1 Å². The minimum Gasteiger partial charge on any atom is -0.386 e. The molecule has 1 aromatic rings. The molecule has 76 valence electrons. The fourth-order valence-corrected chi connectivity index (χ4v) is 2.56. The zero-order chi connectivity index (χ0) is 10.9. The first-order chi connectivity index (χ1) is 7.74. The third-order valence-electron chi connectivity index (χ3n) is 3.34. The molecule has 0 saturated heterocycles. The summed E-state index contributed by atoms with van der Waals surface area (Å²) in [5.41, 5.74) is 3.25. The Morgan fingerprint density at radius 3 is 1.88 bits per heavy atom. The highest BCUT2D eigenvalue weighted by Crippen LogP contribution is 2.26. The largest absolute Gasteiger partial charge is 0.386 e. The Morgan fingerprint density at radius 1 is 0.875 bits per heavy atom. The van der Waals surface area contributed by atoms with Crippen LogP contribution in [0.2, 0.25) is 0 Å². The number of cyclic esters (lactones) is 2. The van der Waals surface area contributed by atoms with Gasteiger partial charge < -0.3 is 4.74 Å². The van der Waals surface area contributed by atoms with Crippen LogP contribution in [0.5, 0.6) is 0 Å². The molecule has 3 nitrogen and oxygen atoms in total. The number of rotatable bonds is 0. The van der Waals surface area contributed by atoms with E-state index in [-0.39, 0.29) is 0 Å². The normalized spacial score (nSPS) is 19.2. The second-order valence-corrected chi connectivity index (χ2v) is 4.18. The van der Waals surface area contributed by atoms with Crippen LogP contribution in [0, 0.1) is 0 Å². The second-order valence-electron chi connectivity index (χ2n) is 4.18. The average Bonchev–Trinajstić information content (AvgIpc) is 2.93. The monoisotopic (exact) mass is 210 g/mol. The first-order valence-electron chi connectivity index (χ1n) is 5.09. The van der Waals surface area contributed by atoms with Crippen molar-refractivity contribution in [2.45, 2.75) is 6.42 Å². The summed E-state index contributed by atoms with van der Waals surface area (Å²) in [6, 6.07) is 3.56. The molecule has 2 bridgehead atoms. The van der Waals surface area contributed by atoms with E-state index in [9.17, 15) is 9.59 Å². The Morgan fingerprint density at radius 2 is 1.38 bits per heavy atom. The minimum absolute atomic E-state index is 0.401. The molecule has 0 fully saturated rings. The van der Waals surface area contributed by atoms with Crippen LogP contribution in [-0.4, -0.2) is 11.9 Å². The Balaban J connectivity index is 2.22. The van der Waals surface area contributed by atoms with Gasteiger partial charge in [0.05, 0.1) is 11.1 Å². The molecule has 0 spiro atoms. The zero-order valence-corrected chi connectivity index (χ0v) is 8.24. The highest BCUT2D eigenvalue weighted by atomic mass is 16.6. The summed E-state index contributed by atoms with van der Waals surface area (Å²) >= 11 is 0. The van der Waals surface area contributed by atoms with Gasteiger partial charge in [0.2, 0.25) is 0 Å². The summed E-state index contributed by atoms with van der Waals surface area (Å²) in [5, 5.41) is 2.14. The number of hydrogen-bond donors (Lipinski definition) is 0. The van der Waals surface area contributed by atoms with Gasteiger partial charge in [0.1, 0.15) is 0 Å². The average molecular weight is 210 g/mol. The molecule has 0 atom stereocenters. The van der Waals surface area contributed by atoms with E-state index in [2.05, 4.69) is 16.9 Å². The van der Waals surface area contributed by atoms with Crippen LogP contribution in [0.15, 0.2) is 24.3 Å². The molecule has 0 aromatic heterocycles. The predicted molar refractivity (Wildman–Crippen MR) is 56.0 cm³/mol. The van der Waals surface area contributed by atoms with Crippen molar-refractivity contribution in [3.63, 3.8) is 0 Å². The van der Waals surface area contributed by atoms with Crippen molar-refractivity contribution >= 4 is 23.1 Å². The zero-order valence-electron chi connectivity index (χ0n) is 8.24. The van der Waals surface area contributed by atoms with Crippen molar-refractivity contribution in [3.05, 3.63) is 45.8 Å². The lowest BCUT2D eigenvalue weighted by Crippen LogP contribution is -2.27. The van der Waals surface area contributed by atoms with Gasteiger partial charge in [-0.05, 0) is 40.1 Å². The molecule has 16 heavy (non-hydrogen) atoms. The molecule has 4 rings (SSSR count). The van der Waals surface area contributed by atoms with Gasteiger partial charge in [-0.2, -0.15) is 0 Å². The Hall–Kier alpha value is -2.16. The second kappa shape index (κ2) is 2.32. The molecular weight excluding hydrogens is 204 g/mol. The highest BCUT2D eigenvalue weighted by Gasteiger charge is 2.31. The van der Waals surface area contributed by atoms with Crippen LogP contribution >= 0.6 is 0 Å². The molecule has 0 saturated carbocycles. The molecule has 3 heteroatoms. The quantitative estimate of drug-likeness (QED) is 0.456. The number of carbonyl (C=O) groups excluding carboxylic acids is 2. The summed E-state index contributed by atoms with van der Waals surface area (Å²) in [5.74, 6) is -1.06. The number of esters is 2. The van der Waals surface area contributed by atoms with Crippen molar-refractivity contribution < 1.29 is 14.3 Å². The van der Waals surface area contributed by atoms with E-state index >= 15 is 0 Å². The van der Waals surface area contributed by atoms with Crippen LogP contribution in [0.4, 0.5) is 0 Å². The van der Waals surface area contributed by atoms with Crippen molar-refractivity contribution in [1.82, 2.24) is 0 Å². The number of hydrogen-bond acceptors (Lipinski definition) is 3. The summed E-state index contributed by atoms with van der Waals surface area (Å²) in [6.45, 7) is 0. The third kappa shape index (κ3) is 0.758. The van der Waals surface area contributed by atoms with Crippen molar-refractivity contribution in [2.24, 2.45) is 0 Å². The molecule has 1 aliphatic heterocycles.